The van der Waals surface area contributed by atoms with E-state index in [-0.39, 0.29) is 19.0 Å². The number of halogens is 1. The molecule has 100 valence electrons. The van der Waals surface area contributed by atoms with Crippen molar-refractivity contribution in [2.45, 2.75) is 6.92 Å². The minimum atomic E-state index is -0.485. The Morgan fingerprint density at radius 3 is 2.79 bits per heavy atom. The van der Waals surface area contributed by atoms with Crippen molar-refractivity contribution in [3.05, 3.63) is 28.8 Å². The van der Waals surface area contributed by atoms with Crippen LogP contribution in [0.3, 0.4) is 0 Å². The van der Waals surface area contributed by atoms with E-state index in [1.54, 1.807) is 18.2 Å². The highest BCUT2D eigenvalue weighted by molar-refractivity contribution is 6.31. The van der Waals surface area contributed by atoms with Gasteiger partial charge >= 0.3 is 6.03 Å². The van der Waals surface area contributed by atoms with Crippen molar-refractivity contribution < 1.29 is 9.59 Å². The molecule has 0 aliphatic heterocycles. The first-order valence-electron chi connectivity index (χ1n) is 5.54. The summed E-state index contributed by atoms with van der Waals surface area (Å²) in [6.07, 6.45) is 4.99. The summed E-state index contributed by atoms with van der Waals surface area (Å²) >= 11 is 5.83. The third kappa shape index (κ3) is 5.32. The average Bonchev–Trinajstić information content (AvgIpc) is 2.38. The number of aryl methyl sites for hydroxylation is 1. The van der Waals surface area contributed by atoms with E-state index in [0.29, 0.717) is 10.7 Å². The van der Waals surface area contributed by atoms with E-state index in [1.165, 1.54) is 0 Å². The number of nitrogens with one attached hydrogen (secondary N) is 3. The molecule has 5 nitrogen and oxygen atoms in total. The highest BCUT2D eigenvalue weighted by Gasteiger charge is 2.06. The number of urea groups is 1. The lowest BCUT2D eigenvalue weighted by Crippen LogP contribution is -2.39. The zero-order chi connectivity index (χ0) is 14.3. The third-order valence-electron chi connectivity index (χ3n) is 2.24. The molecule has 0 spiro atoms. The predicted octanol–water partition coefficient (Wildman–Crippen LogP) is 1.52. The number of terminal acetylenes is 1. The van der Waals surface area contributed by atoms with Crippen LogP contribution < -0.4 is 16.0 Å². The quantitative estimate of drug-likeness (QED) is 0.732. The van der Waals surface area contributed by atoms with Crippen molar-refractivity contribution >= 4 is 29.2 Å². The number of anilines is 1. The molecule has 0 aromatic heterocycles. The number of carbonyl (C=O) groups is 2. The van der Waals surface area contributed by atoms with E-state index in [1.807, 2.05) is 6.92 Å². The van der Waals surface area contributed by atoms with Crippen LogP contribution in [0.2, 0.25) is 5.02 Å². The van der Waals surface area contributed by atoms with Gasteiger partial charge in [-0.3, -0.25) is 4.79 Å². The molecule has 0 heterocycles. The standard InChI is InChI=1S/C13H14ClN3O2/c1-3-6-15-12(18)8-16-13(19)17-11-7-10(14)5-4-9(11)2/h1,4-5,7H,6,8H2,2H3,(H,15,18)(H2,16,17,19). The topological polar surface area (TPSA) is 70.2 Å². The Morgan fingerprint density at radius 2 is 2.11 bits per heavy atom. The summed E-state index contributed by atoms with van der Waals surface area (Å²) in [5.41, 5.74) is 1.46. The minimum Gasteiger partial charge on any atom is -0.344 e. The predicted molar refractivity (Wildman–Crippen MR) is 75.1 cm³/mol. The molecule has 1 rings (SSSR count). The fourth-order valence-corrected chi connectivity index (χ4v) is 1.44. The maximum Gasteiger partial charge on any atom is 0.319 e. The van der Waals surface area contributed by atoms with E-state index < -0.39 is 6.03 Å². The summed E-state index contributed by atoms with van der Waals surface area (Å²) < 4.78 is 0. The van der Waals surface area contributed by atoms with E-state index in [4.69, 9.17) is 18.0 Å². The first-order valence-corrected chi connectivity index (χ1v) is 5.92. The van der Waals surface area contributed by atoms with Gasteiger partial charge in [-0.15, -0.1) is 6.42 Å². The number of hydrogen-bond acceptors (Lipinski definition) is 2. The molecule has 0 fully saturated rings. The second-order valence-electron chi connectivity index (χ2n) is 3.75. The Kier molecular flexibility index (Phi) is 5.71. The van der Waals surface area contributed by atoms with Crippen LogP contribution in [0.4, 0.5) is 10.5 Å². The van der Waals surface area contributed by atoms with Crippen molar-refractivity contribution in [2.75, 3.05) is 18.4 Å². The molecule has 19 heavy (non-hydrogen) atoms. The van der Waals surface area contributed by atoms with Crippen LogP contribution in [-0.4, -0.2) is 25.0 Å². The fourth-order valence-electron chi connectivity index (χ4n) is 1.27. The van der Waals surface area contributed by atoms with Crippen LogP contribution in [0, 0.1) is 19.3 Å². The average molecular weight is 280 g/mol. The van der Waals surface area contributed by atoms with Gasteiger partial charge in [-0.05, 0) is 24.6 Å². The van der Waals surface area contributed by atoms with Crippen LogP contribution in [0.5, 0.6) is 0 Å². The molecule has 0 atom stereocenters. The van der Waals surface area contributed by atoms with Crippen molar-refractivity contribution in [3.63, 3.8) is 0 Å². The maximum absolute atomic E-state index is 11.6. The summed E-state index contributed by atoms with van der Waals surface area (Å²) in [5.74, 6) is 1.91. The first kappa shape index (κ1) is 14.9. The van der Waals surface area contributed by atoms with Gasteiger partial charge in [0.05, 0.1) is 13.1 Å². The molecule has 0 unspecified atom stereocenters. The van der Waals surface area contributed by atoms with E-state index in [2.05, 4.69) is 21.9 Å². The van der Waals surface area contributed by atoms with E-state index in [9.17, 15) is 9.59 Å². The summed E-state index contributed by atoms with van der Waals surface area (Å²) in [4.78, 5) is 22.8. The number of hydrogen-bond donors (Lipinski definition) is 3. The minimum absolute atomic E-state index is 0.134. The molecule has 0 saturated heterocycles. The maximum atomic E-state index is 11.6. The number of benzene rings is 1. The lowest BCUT2D eigenvalue weighted by Gasteiger charge is -2.10. The van der Waals surface area contributed by atoms with E-state index in [0.717, 1.165) is 5.56 Å². The fraction of sp³-hybridized carbons (Fsp3) is 0.231. The summed E-state index contributed by atoms with van der Waals surface area (Å²) in [6, 6.07) is 4.67. The van der Waals surface area contributed by atoms with Gasteiger partial charge in [-0.25, -0.2) is 4.79 Å². The van der Waals surface area contributed by atoms with Gasteiger partial charge in [0, 0.05) is 10.7 Å². The number of rotatable bonds is 4. The molecule has 6 heteroatoms. The highest BCUT2D eigenvalue weighted by Crippen LogP contribution is 2.19. The molecule has 1 aromatic carbocycles. The van der Waals surface area contributed by atoms with Gasteiger partial charge in [0.1, 0.15) is 0 Å². The molecule has 3 amide bonds. The van der Waals surface area contributed by atoms with Gasteiger partial charge in [-0.1, -0.05) is 23.6 Å². The third-order valence-corrected chi connectivity index (χ3v) is 2.48. The van der Waals surface area contributed by atoms with Crippen LogP contribution in [0.25, 0.3) is 0 Å². The largest absolute Gasteiger partial charge is 0.344 e. The van der Waals surface area contributed by atoms with Gasteiger partial charge in [-0.2, -0.15) is 0 Å². The molecule has 0 radical (unpaired) electrons. The highest BCUT2D eigenvalue weighted by atomic mass is 35.5. The van der Waals surface area contributed by atoms with Crippen LogP contribution in [0.1, 0.15) is 5.56 Å². The zero-order valence-electron chi connectivity index (χ0n) is 10.4. The van der Waals surface area contributed by atoms with Crippen LogP contribution in [0.15, 0.2) is 18.2 Å². The van der Waals surface area contributed by atoms with Gasteiger partial charge in [0.2, 0.25) is 5.91 Å². The van der Waals surface area contributed by atoms with Gasteiger partial charge < -0.3 is 16.0 Å². The second kappa shape index (κ2) is 7.29. The van der Waals surface area contributed by atoms with Crippen LogP contribution in [-0.2, 0) is 4.79 Å². The molecular formula is C13H14ClN3O2. The zero-order valence-corrected chi connectivity index (χ0v) is 11.2. The van der Waals surface area contributed by atoms with Crippen molar-refractivity contribution in [1.29, 1.82) is 0 Å². The lowest BCUT2D eigenvalue weighted by atomic mass is 10.2. The molecule has 0 saturated carbocycles. The lowest BCUT2D eigenvalue weighted by molar-refractivity contribution is -0.119. The molecule has 0 aliphatic carbocycles. The molecule has 1 aromatic rings. The van der Waals surface area contributed by atoms with Gasteiger partial charge in [0.25, 0.3) is 0 Å². The molecule has 0 aliphatic rings. The van der Waals surface area contributed by atoms with Crippen molar-refractivity contribution in [2.24, 2.45) is 0 Å². The van der Waals surface area contributed by atoms with Crippen molar-refractivity contribution in [3.8, 4) is 12.3 Å². The van der Waals surface area contributed by atoms with Crippen molar-refractivity contribution in [1.82, 2.24) is 10.6 Å². The Morgan fingerprint density at radius 1 is 1.37 bits per heavy atom. The Bertz CT molecular complexity index is 523. The normalized spacial score (nSPS) is 9.32. The summed E-state index contributed by atoms with van der Waals surface area (Å²) in [6.45, 7) is 1.83. The Labute approximate surface area is 116 Å². The van der Waals surface area contributed by atoms with Gasteiger partial charge in [0.15, 0.2) is 0 Å². The molecule has 3 N–H and O–H groups in total. The Hall–Kier alpha value is -2.19. The number of carbonyl (C=O) groups excluding carboxylic acids is 2. The summed E-state index contributed by atoms with van der Waals surface area (Å²) in [5, 5.41) is 7.97. The molecule has 0 bridgehead atoms. The number of amides is 3. The van der Waals surface area contributed by atoms with E-state index >= 15 is 0 Å². The van der Waals surface area contributed by atoms with Crippen LogP contribution >= 0.6 is 11.6 Å². The summed E-state index contributed by atoms with van der Waals surface area (Å²) in [7, 11) is 0. The Balaban J connectivity index is 2.45. The molecular weight excluding hydrogens is 266 g/mol. The first-order chi connectivity index (χ1) is 9.02. The SMILES string of the molecule is C#CCNC(=O)CNC(=O)Nc1cc(Cl)ccc1C. The second-order valence-corrected chi connectivity index (χ2v) is 4.18. The monoisotopic (exact) mass is 279 g/mol. The smallest absolute Gasteiger partial charge is 0.319 e.